The number of anilines is 1. The summed E-state index contributed by atoms with van der Waals surface area (Å²) >= 11 is 0. The second-order valence-corrected chi connectivity index (χ2v) is 8.40. The monoisotopic (exact) mass is 500 g/mol. The third-order valence-corrected chi connectivity index (χ3v) is 5.85. The van der Waals surface area contributed by atoms with Gasteiger partial charge in [0.1, 0.15) is 11.2 Å². The predicted octanol–water partition coefficient (Wildman–Crippen LogP) is 3.08. The number of alkyl halides is 3. The minimum Gasteiger partial charge on any atom is -0.477 e. The minimum absolute atomic E-state index is 0.0129. The molecule has 13 heteroatoms. The van der Waals surface area contributed by atoms with Gasteiger partial charge >= 0.3 is 18.1 Å². The van der Waals surface area contributed by atoms with E-state index >= 15 is 0 Å². The van der Waals surface area contributed by atoms with Crippen LogP contribution in [0.5, 0.6) is 0 Å². The molecule has 3 heterocycles. The second-order valence-electron chi connectivity index (χ2n) is 8.40. The Morgan fingerprint density at radius 3 is 2.40 bits per heavy atom. The lowest BCUT2D eigenvalue weighted by atomic mass is 9.99. The van der Waals surface area contributed by atoms with Gasteiger partial charge in [-0.3, -0.25) is 4.79 Å². The molecule has 1 aliphatic heterocycles. The summed E-state index contributed by atoms with van der Waals surface area (Å²) in [6.45, 7) is 3.67. The molecular weight excluding hydrogens is 476 g/mol. The zero-order valence-corrected chi connectivity index (χ0v) is 18.7. The summed E-state index contributed by atoms with van der Waals surface area (Å²) in [7, 11) is 0. The van der Waals surface area contributed by atoms with Gasteiger partial charge in [-0.1, -0.05) is 11.1 Å². The van der Waals surface area contributed by atoms with E-state index in [1.165, 1.54) is 11.8 Å². The molecular formula is C22H24F4N4O5. The minimum atomic E-state index is -5.08. The van der Waals surface area contributed by atoms with Gasteiger partial charge in [-0.2, -0.15) is 13.2 Å². The zero-order chi connectivity index (χ0) is 26.1. The van der Waals surface area contributed by atoms with E-state index in [1.807, 2.05) is 11.8 Å². The molecule has 0 unspecified atom stereocenters. The largest absolute Gasteiger partial charge is 0.490 e. The third kappa shape index (κ3) is 5.78. The molecule has 1 aliphatic carbocycles. The third-order valence-electron chi connectivity index (χ3n) is 5.85. The smallest absolute Gasteiger partial charge is 0.477 e. The average Bonchev–Trinajstić information content (AvgIpc) is 3.63. The summed E-state index contributed by atoms with van der Waals surface area (Å²) in [5.41, 5.74) is 7.35. The number of aliphatic carboxylic acids is 1. The van der Waals surface area contributed by atoms with Crippen molar-refractivity contribution in [2.24, 2.45) is 5.73 Å². The molecule has 35 heavy (non-hydrogen) atoms. The van der Waals surface area contributed by atoms with Gasteiger partial charge in [0.15, 0.2) is 11.6 Å². The molecule has 0 atom stereocenters. The molecule has 2 aromatic heterocycles. The molecule has 1 saturated heterocycles. The molecule has 4 N–H and O–H groups in total. The van der Waals surface area contributed by atoms with Crippen LogP contribution < -0.4 is 16.1 Å². The Morgan fingerprint density at radius 2 is 1.89 bits per heavy atom. The van der Waals surface area contributed by atoms with Crippen molar-refractivity contribution in [2.75, 3.05) is 24.5 Å². The summed E-state index contributed by atoms with van der Waals surface area (Å²) in [5.74, 6) is -4.48. The van der Waals surface area contributed by atoms with E-state index in [0.717, 1.165) is 37.3 Å². The molecule has 0 bridgehead atoms. The van der Waals surface area contributed by atoms with Gasteiger partial charge in [-0.15, -0.1) is 0 Å². The molecule has 9 nitrogen and oxygen atoms in total. The highest BCUT2D eigenvalue weighted by Crippen LogP contribution is 2.37. The number of carbonyl (C=O) groups is 2. The molecule has 4 rings (SSSR count). The fraction of sp³-hybridized carbons (Fsp3) is 0.455. The van der Waals surface area contributed by atoms with Gasteiger partial charge in [0.2, 0.25) is 5.43 Å². The number of carboxylic acid groups (broad SMARTS) is 2. The fourth-order valence-corrected chi connectivity index (χ4v) is 3.79. The van der Waals surface area contributed by atoms with Crippen molar-refractivity contribution in [2.45, 2.75) is 44.8 Å². The molecule has 0 amide bonds. The normalized spacial score (nSPS) is 17.6. The summed E-state index contributed by atoms with van der Waals surface area (Å²) < 4.78 is 48.4. The first-order chi connectivity index (χ1) is 16.3. The molecule has 0 radical (unpaired) electrons. The Balaban J connectivity index is 0.000000429. The Labute approximate surface area is 196 Å². The van der Waals surface area contributed by atoms with Gasteiger partial charge in [0.05, 0.1) is 5.39 Å². The predicted molar refractivity (Wildman–Crippen MR) is 118 cm³/mol. The van der Waals surface area contributed by atoms with Crippen LogP contribution in [0.3, 0.4) is 0 Å². The van der Waals surface area contributed by atoms with E-state index in [4.69, 9.17) is 15.6 Å². The maximum absolute atomic E-state index is 14.9. The molecule has 0 aromatic carbocycles. The van der Waals surface area contributed by atoms with Crippen molar-refractivity contribution >= 4 is 28.8 Å². The number of rotatable bonds is 4. The molecule has 2 aromatic rings. The second kappa shape index (κ2) is 10.0. The number of carboxylic acids is 2. The molecule has 2 fully saturated rings. The number of nitrogens with zero attached hydrogens (tertiary/aromatic N) is 3. The van der Waals surface area contributed by atoms with E-state index in [9.17, 15) is 32.3 Å². The number of aromatic carboxylic acids is 1. The van der Waals surface area contributed by atoms with Crippen molar-refractivity contribution < 1.29 is 37.4 Å². The van der Waals surface area contributed by atoms with E-state index in [-0.39, 0.29) is 22.8 Å². The van der Waals surface area contributed by atoms with Crippen LogP contribution in [0.25, 0.3) is 11.0 Å². The SMILES string of the molecule is C/C(CN)=C1\CCCN(c2nc3c(cc2F)c(=O)c(C(=O)O)cn3C2CC2)C1.O=C(O)C(F)(F)F. The van der Waals surface area contributed by atoms with Gasteiger partial charge in [0.25, 0.3) is 0 Å². The van der Waals surface area contributed by atoms with Crippen molar-refractivity contribution in [3.8, 4) is 0 Å². The first-order valence-electron chi connectivity index (χ1n) is 10.8. The van der Waals surface area contributed by atoms with Gasteiger partial charge in [-0.25, -0.2) is 19.0 Å². The fourth-order valence-electron chi connectivity index (χ4n) is 3.79. The lowest BCUT2D eigenvalue weighted by Crippen LogP contribution is -2.34. The van der Waals surface area contributed by atoms with Gasteiger partial charge < -0.3 is 25.4 Å². The molecule has 190 valence electrons. The van der Waals surface area contributed by atoms with Crippen LogP contribution in [0, 0.1) is 5.82 Å². The lowest BCUT2D eigenvalue weighted by molar-refractivity contribution is -0.192. The first kappa shape index (κ1) is 26.1. The molecule has 2 aliphatic rings. The number of hydrogen-bond donors (Lipinski definition) is 3. The van der Waals surface area contributed by atoms with Crippen molar-refractivity contribution in [3.05, 3.63) is 45.0 Å². The Hall–Kier alpha value is -3.48. The topological polar surface area (TPSA) is 139 Å². The van der Waals surface area contributed by atoms with Crippen LogP contribution in [0.2, 0.25) is 0 Å². The number of fused-ring (bicyclic) bond motifs is 1. The maximum Gasteiger partial charge on any atom is 0.490 e. The highest BCUT2D eigenvalue weighted by molar-refractivity contribution is 5.92. The molecule has 0 spiro atoms. The standard InChI is InChI=1S/C20H23FN4O3.C2HF3O2/c1-11(8-22)12-3-2-6-24(9-12)19-16(21)7-14-17(26)15(20(27)28)10-25(13-4-5-13)18(14)23-19;3-2(4,5)1(6)7/h7,10,13H,2-6,8-9,22H2,1H3,(H,27,28);(H,6,7)/b12-11-;. The average molecular weight is 500 g/mol. The Bertz CT molecular complexity index is 1250. The Morgan fingerprint density at radius 1 is 1.26 bits per heavy atom. The van der Waals surface area contributed by atoms with Gasteiger partial charge in [0, 0.05) is 31.9 Å². The van der Waals surface area contributed by atoms with Crippen LogP contribution in [-0.4, -0.2) is 57.5 Å². The summed E-state index contributed by atoms with van der Waals surface area (Å²) in [6.07, 6.45) is -0.155. The highest BCUT2D eigenvalue weighted by atomic mass is 19.4. The molecule has 1 saturated carbocycles. The van der Waals surface area contributed by atoms with E-state index < -0.39 is 29.4 Å². The number of hydrogen-bond acceptors (Lipinski definition) is 6. The quantitative estimate of drug-likeness (QED) is 0.430. The van der Waals surface area contributed by atoms with Gasteiger partial charge in [-0.05, 0) is 38.7 Å². The van der Waals surface area contributed by atoms with E-state index in [1.54, 1.807) is 4.57 Å². The maximum atomic E-state index is 14.9. The first-order valence-corrected chi connectivity index (χ1v) is 10.8. The van der Waals surface area contributed by atoms with Crippen LogP contribution in [0.15, 0.2) is 28.2 Å². The number of aromatic nitrogens is 2. The number of piperidine rings is 1. The van der Waals surface area contributed by atoms with E-state index in [2.05, 4.69) is 4.98 Å². The zero-order valence-electron chi connectivity index (χ0n) is 18.7. The van der Waals surface area contributed by atoms with Crippen molar-refractivity contribution in [1.29, 1.82) is 0 Å². The summed E-state index contributed by atoms with van der Waals surface area (Å²) in [4.78, 5) is 39.3. The Kier molecular flexibility index (Phi) is 7.48. The number of pyridine rings is 2. The van der Waals surface area contributed by atoms with Crippen LogP contribution >= 0.6 is 0 Å². The van der Waals surface area contributed by atoms with Crippen LogP contribution in [0.1, 0.15) is 49.0 Å². The number of nitrogens with two attached hydrogens (primary N) is 1. The van der Waals surface area contributed by atoms with E-state index in [0.29, 0.717) is 25.3 Å². The van der Waals surface area contributed by atoms with Crippen LogP contribution in [0.4, 0.5) is 23.4 Å². The number of halogens is 4. The van der Waals surface area contributed by atoms with Crippen LogP contribution in [-0.2, 0) is 4.79 Å². The van der Waals surface area contributed by atoms with Crippen molar-refractivity contribution in [1.82, 2.24) is 9.55 Å². The highest BCUT2D eigenvalue weighted by Gasteiger charge is 2.38. The summed E-state index contributed by atoms with van der Waals surface area (Å²) in [6, 6.07) is 1.24. The lowest BCUT2D eigenvalue weighted by Gasteiger charge is -2.31. The van der Waals surface area contributed by atoms with Crippen molar-refractivity contribution in [3.63, 3.8) is 0 Å². The summed E-state index contributed by atoms with van der Waals surface area (Å²) in [5, 5.41) is 16.5.